The first-order chi connectivity index (χ1) is 13.6. The van der Waals surface area contributed by atoms with Crippen LogP contribution >= 0.6 is 11.3 Å². The van der Waals surface area contributed by atoms with Gasteiger partial charge in [0.15, 0.2) is 11.6 Å². The summed E-state index contributed by atoms with van der Waals surface area (Å²) in [5.74, 6) is -3.04. The van der Waals surface area contributed by atoms with Crippen LogP contribution in [0.2, 0.25) is 0 Å². The minimum atomic E-state index is -3.93. The second-order valence-electron chi connectivity index (χ2n) is 6.19. The summed E-state index contributed by atoms with van der Waals surface area (Å²) in [6, 6.07) is 10.2. The molecular weight excluding hydrogens is 422 g/mol. The summed E-state index contributed by atoms with van der Waals surface area (Å²) >= 11 is 1.12. The number of carbonyl (C=O) groups is 1. The molecule has 29 heavy (non-hydrogen) atoms. The Morgan fingerprint density at radius 2 is 1.79 bits per heavy atom. The van der Waals surface area contributed by atoms with Crippen molar-refractivity contribution < 1.29 is 22.0 Å². The second kappa shape index (κ2) is 8.21. The Balaban J connectivity index is 1.75. The maximum absolute atomic E-state index is 13.5. The number of rotatable bonds is 6. The molecule has 0 aliphatic rings. The summed E-state index contributed by atoms with van der Waals surface area (Å²) in [5.41, 5.74) is 1.75. The van der Waals surface area contributed by atoms with E-state index in [1.165, 1.54) is 0 Å². The molecule has 0 saturated carbocycles. The summed E-state index contributed by atoms with van der Waals surface area (Å²) in [7, 11) is -3.93. The summed E-state index contributed by atoms with van der Waals surface area (Å²) in [4.78, 5) is 12.3. The Hall–Kier alpha value is -2.92. The highest BCUT2D eigenvalue weighted by atomic mass is 32.2. The van der Waals surface area contributed by atoms with E-state index in [1.807, 2.05) is 31.2 Å². The third-order valence-corrected chi connectivity index (χ3v) is 5.88. The molecule has 3 aromatic rings. The maximum Gasteiger partial charge on any atom is 0.246 e. The molecule has 0 aliphatic heterocycles. The van der Waals surface area contributed by atoms with E-state index < -0.39 is 34.1 Å². The number of anilines is 2. The van der Waals surface area contributed by atoms with Crippen molar-refractivity contribution in [2.75, 3.05) is 22.4 Å². The number of sulfonamides is 1. The summed E-state index contributed by atoms with van der Waals surface area (Å²) in [6.45, 7) is 1.32. The van der Waals surface area contributed by atoms with E-state index in [2.05, 4.69) is 15.5 Å². The highest BCUT2D eigenvalue weighted by Crippen LogP contribution is 2.27. The van der Waals surface area contributed by atoms with Crippen LogP contribution in [0, 0.1) is 18.6 Å². The van der Waals surface area contributed by atoms with Gasteiger partial charge in [0.2, 0.25) is 21.1 Å². The van der Waals surface area contributed by atoms with E-state index in [-0.39, 0.29) is 10.8 Å². The zero-order chi connectivity index (χ0) is 21.2. The molecule has 2 aromatic carbocycles. The van der Waals surface area contributed by atoms with E-state index in [0.717, 1.165) is 40.9 Å². The molecule has 1 aromatic heterocycles. The van der Waals surface area contributed by atoms with Crippen molar-refractivity contribution in [3.05, 3.63) is 59.7 Å². The monoisotopic (exact) mass is 438 g/mol. The van der Waals surface area contributed by atoms with Crippen LogP contribution in [-0.4, -0.2) is 37.3 Å². The molecule has 1 amide bonds. The van der Waals surface area contributed by atoms with E-state index in [9.17, 15) is 22.0 Å². The maximum atomic E-state index is 13.5. The van der Waals surface area contributed by atoms with Gasteiger partial charge in [-0.2, -0.15) is 0 Å². The molecule has 7 nitrogen and oxygen atoms in total. The lowest BCUT2D eigenvalue weighted by Crippen LogP contribution is -2.37. The molecule has 0 spiro atoms. The van der Waals surface area contributed by atoms with Gasteiger partial charge in [0, 0.05) is 11.6 Å². The largest absolute Gasteiger partial charge is 0.299 e. The number of aryl methyl sites for hydroxylation is 1. The average Bonchev–Trinajstić information content (AvgIpc) is 3.10. The number of hydrogen-bond acceptors (Lipinski definition) is 6. The molecule has 0 aliphatic carbocycles. The number of halogens is 2. The highest BCUT2D eigenvalue weighted by Gasteiger charge is 2.23. The molecule has 152 valence electrons. The summed E-state index contributed by atoms with van der Waals surface area (Å²) in [5, 5.41) is 11.1. The van der Waals surface area contributed by atoms with Crippen molar-refractivity contribution in [2.24, 2.45) is 0 Å². The molecule has 3 rings (SSSR count). The van der Waals surface area contributed by atoms with Crippen LogP contribution in [0.3, 0.4) is 0 Å². The minimum Gasteiger partial charge on any atom is -0.299 e. The zero-order valence-corrected chi connectivity index (χ0v) is 17.0. The van der Waals surface area contributed by atoms with Gasteiger partial charge in [-0.05, 0) is 19.1 Å². The number of amides is 1. The first-order valence-electron chi connectivity index (χ1n) is 8.26. The fraction of sp³-hybridized carbons (Fsp3) is 0.167. The number of nitrogens with zero attached hydrogens (tertiary/aromatic N) is 3. The van der Waals surface area contributed by atoms with Crippen LogP contribution in [0.4, 0.5) is 19.6 Å². The Bertz CT molecular complexity index is 1150. The van der Waals surface area contributed by atoms with Crippen molar-refractivity contribution in [2.45, 2.75) is 6.92 Å². The van der Waals surface area contributed by atoms with Crippen LogP contribution in [0.5, 0.6) is 0 Å². The van der Waals surface area contributed by atoms with Gasteiger partial charge in [-0.15, -0.1) is 10.2 Å². The quantitative estimate of drug-likeness (QED) is 0.638. The van der Waals surface area contributed by atoms with Crippen LogP contribution in [0.15, 0.2) is 42.5 Å². The lowest BCUT2D eigenvalue weighted by Gasteiger charge is -2.21. The van der Waals surface area contributed by atoms with Crippen molar-refractivity contribution in [1.29, 1.82) is 0 Å². The SMILES string of the molecule is Cc1ccc(-c2nnc(NC(=O)CN(c3ccc(F)c(F)c3)S(C)(=O)=O)s2)cc1. The van der Waals surface area contributed by atoms with Gasteiger partial charge < -0.3 is 0 Å². The van der Waals surface area contributed by atoms with Gasteiger partial charge in [0.05, 0.1) is 11.9 Å². The highest BCUT2D eigenvalue weighted by molar-refractivity contribution is 7.92. The minimum absolute atomic E-state index is 0.167. The first kappa shape index (κ1) is 20.8. The molecule has 0 unspecified atom stereocenters. The lowest BCUT2D eigenvalue weighted by atomic mass is 10.2. The zero-order valence-electron chi connectivity index (χ0n) is 15.4. The normalized spacial score (nSPS) is 11.3. The van der Waals surface area contributed by atoms with Gasteiger partial charge in [0.1, 0.15) is 11.6 Å². The fourth-order valence-corrected chi connectivity index (χ4v) is 4.03. The van der Waals surface area contributed by atoms with Crippen molar-refractivity contribution in [1.82, 2.24) is 10.2 Å². The molecule has 1 heterocycles. The van der Waals surface area contributed by atoms with Crippen molar-refractivity contribution in [3.63, 3.8) is 0 Å². The van der Waals surface area contributed by atoms with E-state index in [4.69, 9.17) is 0 Å². The second-order valence-corrected chi connectivity index (χ2v) is 9.08. The smallest absolute Gasteiger partial charge is 0.246 e. The van der Waals surface area contributed by atoms with Gasteiger partial charge in [-0.3, -0.25) is 14.4 Å². The van der Waals surface area contributed by atoms with E-state index in [0.29, 0.717) is 15.4 Å². The van der Waals surface area contributed by atoms with Gasteiger partial charge in [-0.1, -0.05) is 41.2 Å². The molecule has 0 saturated heterocycles. The fourth-order valence-electron chi connectivity index (χ4n) is 2.42. The molecular formula is C18H16F2N4O3S2. The lowest BCUT2D eigenvalue weighted by molar-refractivity contribution is -0.114. The third-order valence-electron chi connectivity index (χ3n) is 3.85. The Labute approximate surface area is 170 Å². The van der Waals surface area contributed by atoms with E-state index in [1.54, 1.807) is 0 Å². The van der Waals surface area contributed by atoms with Gasteiger partial charge in [0.25, 0.3) is 0 Å². The summed E-state index contributed by atoms with van der Waals surface area (Å²) < 4.78 is 51.4. The van der Waals surface area contributed by atoms with E-state index >= 15 is 0 Å². The molecule has 11 heteroatoms. The van der Waals surface area contributed by atoms with Gasteiger partial charge >= 0.3 is 0 Å². The Morgan fingerprint density at radius 3 is 2.41 bits per heavy atom. The average molecular weight is 438 g/mol. The number of nitrogens with one attached hydrogen (secondary N) is 1. The van der Waals surface area contributed by atoms with Crippen LogP contribution < -0.4 is 9.62 Å². The van der Waals surface area contributed by atoms with Crippen LogP contribution in [0.25, 0.3) is 10.6 Å². The van der Waals surface area contributed by atoms with Crippen molar-refractivity contribution in [3.8, 4) is 10.6 Å². The standard InChI is InChI=1S/C18H16F2N4O3S2/c1-11-3-5-12(6-4-11)17-22-23-18(28-17)21-16(25)10-24(29(2,26)27)13-7-8-14(19)15(20)9-13/h3-9H,10H2,1-2H3,(H,21,23,25). The Kier molecular flexibility index (Phi) is 5.89. The third kappa shape index (κ3) is 5.12. The molecule has 0 bridgehead atoms. The van der Waals surface area contributed by atoms with Crippen LogP contribution in [0.1, 0.15) is 5.56 Å². The van der Waals surface area contributed by atoms with Crippen molar-refractivity contribution >= 4 is 38.1 Å². The number of hydrogen-bond donors (Lipinski definition) is 1. The number of aromatic nitrogens is 2. The predicted octanol–water partition coefficient (Wildman–Crippen LogP) is 3.20. The molecule has 0 atom stereocenters. The topological polar surface area (TPSA) is 92.3 Å². The van der Waals surface area contributed by atoms with Crippen LogP contribution in [-0.2, 0) is 14.8 Å². The van der Waals surface area contributed by atoms with Gasteiger partial charge in [-0.25, -0.2) is 17.2 Å². The molecule has 1 N–H and O–H groups in total. The molecule has 0 radical (unpaired) electrons. The summed E-state index contributed by atoms with van der Waals surface area (Å²) in [6.07, 6.45) is 0.863. The Morgan fingerprint density at radius 1 is 1.10 bits per heavy atom. The first-order valence-corrected chi connectivity index (χ1v) is 10.9. The number of benzene rings is 2. The molecule has 0 fully saturated rings. The number of carbonyl (C=O) groups excluding carboxylic acids is 1. The predicted molar refractivity (Wildman–Crippen MR) is 107 cm³/mol.